The largest absolute Gasteiger partial charge is 0.0654 e. The second kappa shape index (κ2) is 9.19. The second-order valence-corrected chi connectivity index (χ2v) is 5.22. The number of aryl methyl sites for hydroxylation is 2. The molecule has 0 saturated carbocycles. The molecule has 1 aromatic rings. The van der Waals surface area contributed by atoms with Crippen LogP contribution in [0.25, 0.3) is 0 Å². The zero-order valence-corrected chi connectivity index (χ0v) is 12.3. The molecule has 0 bridgehead atoms. The number of unbranched alkanes of at least 4 members (excludes halogenated alkanes) is 3. The summed E-state index contributed by atoms with van der Waals surface area (Å²) in [5.74, 6) is 0. The molecule has 0 heterocycles. The Bertz CT molecular complexity index is 299. The molecule has 1 rings (SSSR count). The van der Waals surface area contributed by atoms with Crippen LogP contribution in [0.3, 0.4) is 0 Å². The third-order valence-corrected chi connectivity index (χ3v) is 3.65. The highest BCUT2D eigenvalue weighted by molar-refractivity contribution is 5.36. The summed E-state index contributed by atoms with van der Waals surface area (Å²) < 4.78 is 0. The number of benzene rings is 1. The normalized spacial score (nSPS) is 10.8. The van der Waals surface area contributed by atoms with Crippen LogP contribution >= 0.6 is 0 Å². The van der Waals surface area contributed by atoms with Crippen LogP contribution in [0.5, 0.6) is 0 Å². The first-order valence-electron chi connectivity index (χ1n) is 7.72. The van der Waals surface area contributed by atoms with Gasteiger partial charge in [0.1, 0.15) is 0 Å². The zero-order valence-electron chi connectivity index (χ0n) is 12.3. The van der Waals surface area contributed by atoms with E-state index in [1.165, 1.54) is 51.4 Å². The SMILES string of the molecule is [CH2]CCCc1c(CCCC)cccc1CCCC. The van der Waals surface area contributed by atoms with Gasteiger partial charge in [0.15, 0.2) is 0 Å². The molecule has 0 saturated heterocycles. The van der Waals surface area contributed by atoms with Crippen molar-refractivity contribution in [1.82, 2.24) is 0 Å². The molecular weight excluding hydrogens is 216 g/mol. The predicted octanol–water partition coefficient (Wildman–Crippen LogP) is 5.53. The number of hydrogen-bond donors (Lipinski definition) is 0. The van der Waals surface area contributed by atoms with E-state index in [0.717, 1.165) is 6.42 Å². The molecule has 0 aliphatic carbocycles. The van der Waals surface area contributed by atoms with Crippen LogP contribution in [-0.2, 0) is 19.3 Å². The minimum atomic E-state index is 1.05. The molecule has 0 heteroatoms. The van der Waals surface area contributed by atoms with Gasteiger partial charge in [0.05, 0.1) is 0 Å². The highest BCUT2D eigenvalue weighted by atomic mass is 14.1. The maximum absolute atomic E-state index is 3.98. The lowest BCUT2D eigenvalue weighted by Gasteiger charge is -2.14. The third-order valence-electron chi connectivity index (χ3n) is 3.65. The van der Waals surface area contributed by atoms with Gasteiger partial charge in [0.2, 0.25) is 0 Å². The van der Waals surface area contributed by atoms with E-state index in [1.807, 2.05) is 0 Å². The summed E-state index contributed by atoms with van der Waals surface area (Å²) in [6.45, 7) is 8.53. The molecule has 1 radical (unpaired) electrons. The van der Waals surface area contributed by atoms with Crippen LogP contribution in [0.2, 0.25) is 0 Å². The highest BCUT2D eigenvalue weighted by Gasteiger charge is 2.07. The van der Waals surface area contributed by atoms with Gasteiger partial charge in [0.25, 0.3) is 0 Å². The Labute approximate surface area is 114 Å². The Kier molecular flexibility index (Phi) is 7.80. The molecule has 0 spiro atoms. The fourth-order valence-corrected chi connectivity index (χ4v) is 2.51. The van der Waals surface area contributed by atoms with E-state index in [0.29, 0.717) is 0 Å². The van der Waals surface area contributed by atoms with E-state index in [4.69, 9.17) is 0 Å². The summed E-state index contributed by atoms with van der Waals surface area (Å²) in [5.41, 5.74) is 4.83. The van der Waals surface area contributed by atoms with Crippen molar-refractivity contribution in [2.24, 2.45) is 0 Å². The monoisotopic (exact) mass is 245 g/mol. The van der Waals surface area contributed by atoms with Crippen LogP contribution in [0.4, 0.5) is 0 Å². The first-order valence-corrected chi connectivity index (χ1v) is 7.72. The van der Waals surface area contributed by atoms with E-state index < -0.39 is 0 Å². The molecule has 0 amide bonds. The smallest absolute Gasteiger partial charge is 0.0273 e. The molecule has 0 aromatic heterocycles. The van der Waals surface area contributed by atoms with Crippen LogP contribution in [-0.4, -0.2) is 0 Å². The molecule has 18 heavy (non-hydrogen) atoms. The van der Waals surface area contributed by atoms with E-state index in [2.05, 4.69) is 39.0 Å². The van der Waals surface area contributed by atoms with Gasteiger partial charge in [0, 0.05) is 0 Å². The Morgan fingerprint density at radius 2 is 1.39 bits per heavy atom. The molecule has 101 valence electrons. The number of hydrogen-bond acceptors (Lipinski definition) is 0. The van der Waals surface area contributed by atoms with Gasteiger partial charge in [-0.25, -0.2) is 0 Å². The van der Waals surface area contributed by atoms with Gasteiger partial charge >= 0.3 is 0 Å². The maximum atomic E-state index is 3.98. The first-order chi connectivity index (χ1) is 8.83. The standard InChI is InChI=1S/C18H29/c1-4-7-11-16-13-10-14-17(12-8-5-2)18(16)15-9-6-3/h10,13-14H,3-9,11-12,15H2,1-2H3. The Morgan fingerprint density at radius 3 is 1.83 bits per heavy atom. The fourth-order valence-electron chi connectivity index (χ4n) is 2.51. The maximum Gasteiger partial charge on any atom is -0.0273 e. The van der Waals surface area contributed by atoms with Crippen LogP contribution in [0.15, 0.2) is 18.2 Å². The summed E-state index contributed by atoms with van der Waals surface area (Å²) in [6, 6.07) is 6.93. The molecular formula is C18H29. The average molecular weight is 245 g/mol. The van der Waals surface area contributed by atoms with Gasteiger partial charge in [-0.1, -0.05) is 58.2 Å². The van der Waals surface area contributed by atoms with Crippen molar-refractivity contribution in [1.29, 1.82) is 0 Å². The molecule has 1 aromatic carbocycles. The van der Waals surface area contributed by atoms with Crippen molar-refractivity contribution in [2.75, 3.05) is 0 Å². The summed E-state index contributed by atoms with van der Waals surface area (Å²) >= 11 is 0. The van der Waals surface area contributed by atoms with Crippen LogP contribution in [0, 0.1) is 6.92 Å². The summed E-state index contributed by atoms with van der Waals surface area (Å²) in [4.78, 5) is 0. The Hall–Kier alpha value is -0.780. The lowest BCUT2D eigenvalue weighted by molar-refractivity contribution is 0.746. The van der Waals surface area contributed by atoms with Crippen molar-refractivity contribution >= 4 is 0 Å². The summed E-state index contributed by atoms with van der Waals surface area (Å²) in [7, 11) is 0. The first kappa shape index (κ1) is 15.3. The molecule has 0 atom stereocenters. The minimum Gasteiger partial charge on any atom is -0.0654 e. The lowest BCUT2D eigenvalue weighted by Crippen LogP contribution is -2.01. The van der Waals surface area contributed by atoms with E-state index in [1.54, 1.807) is 16.7 Å². The van der Waals surface area contributed by atoms with Gasteiger partial charge in [-0.2, -0.15) is 0 Å². The van der Waals surface area contributed by atoms with Crippen molar-refractivity contribution < 1.29 is 0 Å². The molecule has 0 fully saturated rings. The average Bonchev–Trinajstić information content (AvgIpc) is 2.41. The van der Waals surface area contributed by atoms with Crippen molar-refractivity contribution in [3.8, 4) is 0 Å². The highest BCUT2D eigenvalue weighted by Crippen LogP contribution is 2.21. The second-order valence-electron chi connectivity index (χ2n) is 5.22. The molecule has 0 nitrogen and oxygen atoms in total. The van der Waals surface area contributed by atoms with Crippen molar-refractivity contribution in [3.05, 3.63) is 41.8 Å². The van der Waals surface area contributed by atoms with E-state index >= 15 is 0 Å². The third kappa shape index (κ3) is 4.84. The summed E-state index contributed by atoms with van der Waals surface area (Å²) in [5, 5.41) is 0. The quantitative estimate of drug-likeness (QED) is 0.536. The lowest BCUT2D eigenvalue weighted by atomic mass is 9.91. The zero-order chi connectivity index (χ0) is 13.2. The Balaban J connectivity index is 2.85. The topological polar surface area (TPSA) is 0 Å². The molecule has 0 unspecified atom stereocenters. The summed E-state index contributed by atoms with van der Waals surface area (Å²) in [6.07, 6.45) is 11.2. The van der Waals surface area contributed by atoms with Gasteiger partial charge in [-0.15, -0.1) is 0 Å². The molecule has 0 aliphatic heterocycles. The van der Waals surface area contributed by atoms with Crippen molar-refractivity contribution in [3.63, 3.8) is 0 Å². The minimum absolute atomic E-state index is 1.05. The van der Waals surface area contributed by atoms with Gasteiger partial charge in [-0.05, 0) is 55.2 Å². The predicted molar refractivity (Wildman–Crippen MR) is 82.0 cm³/mol. The van der Waals surface area contributed by atoms with Crippen molar-refractivity contribution in [2.45, 2.75) is 71.6 Å². The van der Waals surface area contributed by atoms with Crippen LogP contribution < -0.4 is 0 Å². The van der Waals surface area contributed by atoms with E-state index in [9.17, 15) is 0 Å². The van der Waals surface area contributed by atoms with E-state index in [-0.39, 0.29) is 0 Å². The van der Waals surface area contributed by atoms with Gasteiger partial charge < -0.3 is 0 Å². The fraction of sp³-hybridized carbons (Fsp3) is 0.611. The van der Waals surface area contributed by atoms with Crippen LogP contribution in [0.1, 0.15) is 69.1 Å². The molecule has 0 N–H and O–H groups in total. The molecule has 0 aliphatic rings. The number of rotatable bonds is 9. The van der Waals surface area contributed by atoms with Gasteiger partial charge in [-0.3, -0.25) is 0 Å². The Morgan fingerprint density at radius 1 is 0.833 bits per heavy atom.